The maximum atomic E-state index is 12.4. The molecular weight excluding hydrogens is 444 g/mol. The molecule has 0 aliphatic heterocycles. The van der Waals surface area contributed by atoms with Crippen molar-refractivity contribution in [2.24, 2.45) is 5.92 Å². The Morgan fingerprint density at radius 2 is 1.60 bits per heavy atom. The highest BCUT2D eigenvalue weighted by atomic mass is 16.5. The van der Waals surface area contributed by atoms with Crippen molar-refractivity contribution in [2.75, 3.05) is 13.2 Å². The van der Waals surface area contributed by atoms with E-state index in [9.17, 15) is 19.5 Å². The SMILES string of the molecule is CC(CCC(=O)NC1(C(=O)O)CCCCC1)CNC(=O)OCC1c2ccccc2-c2ccccc21. The van der Waals surface area contributed by atoms with Gasteiger partial charge in [-0.05, 0) is 47.4 Å². The molecule has 1 saturated carbocycles. The molecule has 186 valence electrons. The molecule has 2 aromatic carbocycles. The van der Waals surface area contributed by atoms with Crippen LogP contribution >= 0.6 is 0 Å². The van der Waals surface area contributed by atoms with Crippen molar-refractivity contribution in [2.45, 2.75) is 63.3 Å². The van der Waals surface area contributed by atoms with E-state index in [1.54, 1.807) is 0 Å². The van der Waals surface area contributed by atoms with E-state index >= 15 is 0 Å². The largest absolute Gasteiger partial charge is 0.480 e. The highest BCUT2D eigenvalue weighted by molar-refractivity contribution is 5.87. The zero-order chi connectivity index (χ0) is 24.8. The first kappa shape index (κ1) is 24.8. The summed E-state index contributed by atoms with van der Waals surface area (Å²) in [6, 6.07) is 16.4. The predicted octanol–water partition coefficient (Wildman–Crippen LogP) is 4.85. The molecule has 1 fully saturated rings. The first-order valence-electron chi connectivity index (χ1n) is 12.5. The number of carboxylic acid groups (broad SMARTS) is 1. The lowest BCUT2D eigenvalue weighted by molar-refractivity contribution is -0.149. The van der Waals surface area contributed by atoms with Crippen molar-refractivity contribution in [1.29, 1.82) is 0 Å². The van der Waals surface area contributed by atoms with Gasteiger partial charge in [0.05, 0.1) is 0 Å². The Balaban J connectivity index is 1.21. The molecule has 2 amide bonds. The number of carboxylic acids is 1. The Morgan fingerprint density at radius 3 is 2.20 bits per heavy atom. The topological polar surface area (TPSA) is 105 Å². The van der Waals surface area contributed by atoms with Crippen LogP contribution in [0, 0.1) is 5.92 Å². The standard InChI is InChI=1S/C28H34N2O5/c1-19(13-14-25(31)30-28(26(32)33)15-7-2-8-16-28)17-29-27(34)35-18-24-22-11-5-3-9-20(22)21-10-4-6-12-23(21)24/h3-6,9-12,19,24H,2,7-8,13-18H2,1H3,(H,29,34)(H,30,31)(H,32,33). The maximum absolute atomic E-state index is 12.4. The molecule has 0 radical (unpaired) electrons. The van der Waals surface area contributed by atoms with Crippen molar-refractivity contribution in [3.8, 4) is 11.1 Å². The van der Waals surface area contributed by atoms with Crippen LogP contribution in [0.2, 0.25) is 0 Å². The van der Waals surface area contributed by atoms with Gasteiger partial charge < -0.3 is 20.5 Å². The second-order valence-corrected chi connectivity index (χ2v) is 9.85. The molecule has 3 N–H and O–H groups in total. The summed E-state index contributed by atoms with van der Waals surface area (Å²) >= 11 is 0. The molecule has 0 aromatic heterocycles. The molecule has 2 aliphatic rings. The van der Waals surface area contributed by atoms with Gasteiger partial charge in [-0.1, -0.05) is 74.7 Å². The predicted molar refractivity (Wildman–Crippen MR) is 133 cm³/mol. The maximum Gasteiger partial charge on any atom is 0.407 e. The second-order valence-electron chi connectivity index (χ2n) is 9.85. The van der Waals surface area contributed by atoms with Crippen LogP contribution in [0.25, 0.3) is 11.1 Å². The van der Waals surface area contributed by atoms with Gasteiger partial charge in [0.2, 0.25) is 5.91 Å². The zero-order valence-corrected chi connectivity index (χ0v) is 20.2. The summed E-state index contributed by atoms with van der Waals surface area (Å²) in [5, 5.41) is 15.2. The fourth-order valence-electron chi connectivity index (χ4n) is 5.26. The minimum absolute atomic E-state index is 0.00983. The fourth-order valence-corrected chi connectivity index (χ4v) is 5.26. The quantitative estimate of drug-likeness (QED) is 0.478. The van der Waals surface area contributed by atoms with Crippen LogP contribution in [0.15, 0.2) is 48.5 Å². The van der Waals surface area contributed by atoms with E-state index in [1.165, 1.54) is 11.1 Å². The number of rotatable bonds is 9. The Morgan fingerprint density at radius 1 is 1.00 bits per heavy atom. The van der Waals surface area contributed by atoms with Gasteiger partial charge in [-0.25, -0.2) is 9.59 Å². The number of carbonyl (C=O) groups is 3. The van der Waals surface area contributed by atoms with Crippen LogP contribution in [-0.2, 0) is 14.3 Å². The van der Waals surface area contributed by atoms with Crippen LogP contribution in [0.5, 0.6) is 0 Å². The Bertz CT molecular complexity index is 1030. The van der Waals surface area contributed by atoms with Crippen molar-refractivity contribution >= 4 is 18.0 Å². The third kappa shape index (κ3) is 5.66. The van der Waals surface area contributed by atoms with Gasteiger partial charge in [0.1, 0.15) is 12.1 Å². The second kappa shape index (κ2) is 10.9. The van der Waals surface area contributed by atoms with E-state index in [0.717, 1.165) is 30.4 Å². The monoisotopic (exact) mass is 478 g/mol. The average molecular weight is 479 g/mol. The van der Waals surface area contributed by atoms with E-state index in [1.807, 2.05) is 31.2 Å². The highest BCUT2D eigenvalue weighted by Gasteiger charge is 2.40. The molecule has 4 rings (SSSR count). The number of benzene rings is 2. The number of hydrogen-bond donors (Lipinski definition) is 3. The summed E-state index contributed by atoms with van der Waals surface area (Å²) in [5.41, 5.74) is 3.57. The van der Waals surface area contributed by atoms with Gasteiger partial charge in [0, 0.05) is 18.9 Å². The van der Waals surface area contributed by atoms with Crippen molar-refractivity contribution in [1.82, 2.24) is 10.6 Å². The van der Waals surface area contributed by atoms with Gasteiger partial charge in [0.25, 0.3) is 0 Å². The number of ether oxygens (including phenoxy) is 1. The van der Waals surface area contributed by atoms with E-state index in [2.05, 4.69) is 34.9 Å². The van der Waals surface area contributed by atoms with E-state index in [-0.39, 0.29) is 30.8 Å². The molecule has 35 heavy (non-hydrogen) atoms. The molecule has 1 unspecified atom stereocenters. The van der Waals surface area contributed by atoms with Crippen LogP contribution in [0.4, 0.5) is 4.79 Å². The number of alkyl carbamates (subject to hydrolysis) is 1. The molecule has 0 bridgehead atoms. The number of nitrogens with one attached hydrogen (secondary N) is 2. The summed E-state index contributed by atoms with van der Waals surface area (Å²) < 4.78 is 5.56. The van der Waals surface area contributed by atoms with Gasteiger partial charge in [-0.3, -0.25) is 4.79 Å². The third-order valence-corrected chi connectivity index (χ3v) is 7.30. The van der Waals surface area contributed by atoms with E-state index in [4.69, 9.17) is 4.74 Å². The van der Waals surface area contributed by atoms with Crippen LogP contribution in [-0.4, -0.2) is 41.8 Å². The van der Waals surface area contributed by atoms with Gasteiger partial charge in [0.15, 0.2) is 0 Å². The number of carbonyl (C=O) groups excluding carboxylic acids is 2. The molecule has 0 spiro atoms. The minimum Gasteiger partial charge on any atom is -0.480 e. The van der Waals surface area contributed by atoms with Gasteiger partial charge in [-0.15, -0.1) is 0 Å². The molecule has 0 saturated heterocycles. The lowest BCUT2D eigenvalue weighted by atomic mass is 9.81. The summed E-state index contributed by atoms with van der Waals surface area (Å²) in [7, 11) is 0. The fraction of sp³-hybridized carbons (Fsp3) is 0.464. The first-order valence-corrected chi connectivity index (χ1v) is 12.5. The lowest BCUT2D eigenvalue weighted by Gasteiger charge is -2.34. The lowest BCUT2D eigenvalue weighted by Crippen LogP contribution is -2.55. The molecule has 7 heteroatoms. The van der Waals surface area contributed by atoms with Gasteiger partial charge >= 0.3 is 12.1 Å². The van der Waals surface area contributed by atoms with Crippen molar-refractivity contribution in [3.63, 3.8) is 0 Å². The third-order valence-electron chi connectivity index (χ3n) is 7.30. The summed E-state index contributed by atoms with van der Waals surface area (Å²) in [4.78, 5) is 36.5. The van der Waals surface area contributed by atoms with E-state index in [0.29, 0.717) is 25.8 Å². The normalized spacial score (nSPS) is 17.1. The Hall–Kier alpha value is -3.35. The van der Waals surface area contributed by atoms with Crippen LogP contribution < -0.4 is 10.6 Å². The minimum atomic E-state index is -1.13. The molecule has 7 nitrogen and oxygen atoms in total. The molecule has 0 heterocycles. The smallest absolute Gasteiger partial charge is 0.407 e. The number of amides is 2. The Kier molecular flexibility index (Phi) is 7.73. The molecule has 2 aliphatic carbocycles. The number of aliphatic carboxylic acids is 1. The van der Waals surface area contributed by atoms with Crippen molar-refractivity contribution in [3.05, 3.63) is 59.7 Å². The number of hydrogen-bond acceptors (Lipinski definition) is 4. The van der Waals surface area contributed by atoms with Gasteiger partial charge in [-0.2, -0.15) is 0 Å². The van der Waals surface area contributed by atoms with Crippen LogP contribution in [0.3, 0.4) is 0 Å². The summed E-state index contributed by atoms with van der Waals surface area (Å²) in [6.07, 6.45) is 3.88. The number of fused-ring (bicyclic) bond motifs is 3. The zero-order valence-electron chi connectivity index (χ0n) is 20.2. The summed E-state index contributed by atoms with van der Waals surface area (Å²) in [6.45, 7) is 2.59. The Labute approximate surface area is 206 Å². The van der Waals surface area contributed by atoms with E-state index < -0.39 is 17.6 Å². The highest BCUT2D eigenvalue weighted by Crippen LogP contribution is 2.44. The first-order chi connectivity index (χ1) is 16.9. The summed E-state index contributed by atoms with van der Waals surface area (Å²) in [5.74, 6) is -1.14. The molecule has 2 aromatic rings. The molecular formula is C28H34N2O5. The van der Waals surface area contributed by atoms with Crippen LogP contribution in [0.1, 0.15) is 68.9 Å². The molecule has 1 atom stereocenters. The average Bonchev–Trinajstić information content (AvgIpc) is 3.19. The van der Waals surface area contributed by atoms with Crippen molar-refractivity contribution < 1.29 is 24.2 Å².